The van der Waals surface area contributed by atoms with Crippen LogP contribution in [0.2, 0.25) is 0 Å². The van der Waals surface area contributed by atoms with Crippen LogP contribution < -0.4 is 4.74 Å². The minimum Gasteiger partial charge on any atom is -0.508 e. The van der Waals surface area contributed by atoms with E-state index in [1.54, 1.807) is 0 Å². The molecule has 2 atom stereocenters. The third-order valence-corrected chi connectivity index (χ3v) is 5.61. The van der Waals surface area contributed by atoms with Crippen LogP contribution >= 0.6 is 0 Å². The highest BCUT2D eigenvalue weighted by atomic mass is 16.5. The summed E-state index contributed by atoms with van der Waals surface area (Å²) in [6.45, 7) is 8.87. The van der Waals surface area contributed by atoms with E-state index in [2.05, 4.69) is 33.8 Å². The van der Waals surface area contributed by atoms with E-state index in [0.29, 0.717) is 17.6 Å². The van der Waals surface area contributed by atoms with Gasteiger partial charge in [-0.3, -0.25) is 0 Å². The number of hydrogen-bond donors (Lipinski definition) is 1. The van der Waals surface area contributed by atoms with Crippen molar-refractivity contribution in [2.75, 3.05) is 0 Å². The summed E-state index contributed by atoms with van der Waals surface area (Å²) in [4.78, 5) is 0. The van der Waals surface area contributed by atoms with E-state index < -0.39 is 0 Å². The van der Waals surface area contributed by atoms with Gasteiger partial charge < -0.3 is 9.84 Å². The van der Waals surface area contributed by atoms with Crippen LogP contribution in [0.25, 0.3) is 0 Å². The molecule has 0 saturated heterocycles. The first kappa shape index (κ1) is 16.4. The highest BCUT2D eigenvalue weighted by molar-refractivity contribution is 5.52. The number of rotatable bonds is 4. The molecule has 0 saturated carbocycles. The third-order valence-electron chi connectivity index (χ3n) is 5.61. The number of hydrogen-bond acceptors (Lipinski definition) is 2. The lowest BCUT2D eigenvalue weighted by Crippen LogP contribution is -2.45. The Morgan fingerprint density at radius 3 is 2.78 bits per heavy atom. The van der Waals surface area contributed by atoms with Crippen molar-refractivity contribution in [3.05, 3.63) is 34.9 Å². The molecule has 2 aliphatic rings. The molecule has 1 aliphatic carbocycles. The molecular weight excluding hydrogens is 284 g/mol. The number of unbranched alkanes of at least 4 members (excludes halogenated alkanes) is 2. The van der Waals surface area contributed by atoms with Crippen molar-refractivity contribution >= 4 is 0 Å². The van der Waals surface area contributed by atoms with Gasteiger partial charge in [0.15, 0.2) is 0 Å². The van der Waals surface area contributed by atoms with E-state index >= 15 is 0 Å². The van der Waals surface area contributed by atoms with Gasteiger partial charge in [0.2, 0.25) is 0 Å². The van der Waals surface area contributed by atoms with Crippen LogP contribution in [0, 0.1) is 5.92 Å². The van der Waals surface area contributed by atoms with Crippen LogP contribution in [0.5, 0.6) is 11.5 Å². The van der Waals surface area contributed by atoms with Crippen LogP contribution in [0.1, 0.15) is 76.8 Å². The molecule has 0 spiro atoms. The van der Waals surface area contributed by atoms with Crippen molar-refractivity contribution in [2.45, 2.75) is 77.7 Å². The Balaban J connectivity index is 2.06. The first-order chi connectivity index (χ1) is 10.9. The second-order valence-electron chi connectivity index (χ2n) is 7.86. The van der Waals surface area contributed by atoms with Gasteiger partial charge in [0.05, 0.1) is 0 Å². The average molecular weight is 314 g/mol. The van der Waals surface area contributed by atoms with Gasteiger partial charge in [-0.05, 0) is 58.1 Å². The Morgan fingerprint density at radius 2 is 2.04 bits per heavy atom. The van der Waals surface area contributed by atoms with Gasteiger partial charge in [-0.25, -0.2) is 0 Å². The third kappa shape index (κ3) is 3.13. The average Bonchev–Trinajstić information content (AvgIpc) is 2.45. The zero-order chi connectivity index (χ0) is 16.6. The number of phenolic OH excluding ortho intramolecular Hbond substituents is 1. The van der Waals surface area contributed by atoms with E-state index in [9.17, 15) is 5.11 Å². The number of ether oxygens (including phenoxy) is 1. The van der Waals surface area contributed by atoms with Crippen molar-refractivity contribution in [1.29, 1.82) is 0 Å². The maximum absolute atomic E-state index is 10.1. The molecule has 0 fully saturated rings. The maximum atomic E-state index is 10.1. The molecule has 1 N–H and O–H groups in total. The van der Waals surface area contributed by atoms with Crippen molar-refractivity contribution in [2.24, 2.45) is 5.92 Å². The Bertz CT molecular complexity index is 613. The molecule has 2 heteroatoms. The Kier molecular flexibility index (Phi) is 4.44. The highest BCUT2D eigenvalue weighted by Gasteiger charge is 2.44. The summed E-state index contributed by atoms with van der Waals surface area (Å²) < 4.78 is 6.36. The summed E-state index contributed by atoms with van der Waals surface area (Å²) in [6.07, 6.45) is 9.48. The predicted molar refractivity (Wildman–Crippen MR) is 95.3 cm³/mol. The van der Waals surface area contributed by atoms with E-state index in [0.717, 1.165) is 12.2 Å². The molecule has 0 amide bonds. The summed E-state index contributed by atoms with van der Waals surface area (Å²) in [5.74, 6) is 2.18. The summed E-state index contributed by atoms with van der Waals surface area (Å²) in [6, 6.07) is 3.78. The zero-order valence-corrected chi connectivity index (χ0v) is 15.0. The summed E-state index contributed by atoms with van der Waals surface area (Å²) in [5, 5.41) is 10.1. The normalized spacial score (nSPS) is 25.1. The molecule has 0 radical (unpaired) electrons. The van der Waals surface area contributed by atoms with Gasteiger partial charge in [0, 0.05) is 23.5 Å². The molecule has 3 rings (SSSR count). The fraction of sp³-hybridized carbons (Fsp3) is 0.619. The summed E-state index contributed by atoms with van der Waals surface area (Å²) in [5.41, 5.74) is 3.93. The topological polar surface area (TPSA) is 29.5 Å². The van der Waals surface area contributed by atoms with Crippen LogP contribution in [-0.2, 0) is 6.42 Å². The molecule has 0 aromatic heterocycles. The second-order valence-corrected chi connectivity index (χ2v) is 7.86. The van der Waals surface area contributed by atoms with Crippen molar-refractivity contribution in [3.8, 4) is 11.5 Å². The first-order valence-electron chi connectivity index (χ1n) is 9.14. The van der Waals surface area contributed by atoms with Crippen molar-refractivity contribution < 1.29 is 9.84 Å². The minimum absolute atomic E-state index is 0.177. The van der Waals surface area contributed by atoms with Crippen molar-refractivity contribution in [3.63, 3.8) is 0 Å². The lowest BCUT2D eigenvalue weighted by molar-refractivity contribution is 0.0111. The van der Waals surface area contributed by atoms with Crippen LogP contribution in [0.4, 0.5) is 0 Å². The number of phenols is 1. The Hall–Kier alpha value is -1.44. The van der Waals surface area contributed by atoms with Crippen LogP contribution in [0.3, 0.4) is 0 Å². The molecule has 1 aliphatic heterocycles. The fourth-order valence-corrected chi connectivity index (χ4v) is 4.40. The summed E-state index contributed by atoms with van der Waals surface area (Å²) >= 11 is 0. The molecule has 1 aromatic rings. The molecule has 1 aromatic carbocycles. The molecule has 1 heterocycles. The SMILES string of the molecule is CCCCCc1cc(O)cc2c1[C@@H]1C=C(C)CC[C@@H]1C(C)(C)O2. The monoisotopic (exact) mass is 314 g/mol. The first-order valence-corrected chi connectivity index (χ1v) is 9.14. The minimum atomic E-state index is -0.177. The highest BCUT2D eigenvalue weighted by Crippen LogP contribution is 2.52. The van der Waals surface area contributed by atoms with E-state index in [-0.39, 0.29) is 5.60 Å². The lowest BCUT2D eigenvalue weighted by atomic mass is 9.67. The summed E-state index contributed by atoms with van der Waals surface area (Å²) in [7, 11) is 0. The largest absolute Gasteiger partial charge is 0.508 e. The van der Waals surface area contributed by atoms with Crippen LogP contribution in [-0.4, -0.2) is 10.7 Å². The van der Waals surface area contributed by atoms with Gasteiger partial charge in [0.1, 0.15) is 17.1 Å². The second kappa shape index (κ2) is 6.22. The maximum Gasteiger partial charge on any atom is 0.127 e. The standard InChI is InChI=1S/C21H30O2/c1-5-6-7-8-15-12-16(22)13-19-20(15)17-11-14(2)9-10-18(17)21(3,4)23-19/h11-13,17-18,22H,5-10H2,1-4H3/t17-,18+/m1/s1. The Labute approximate surface area is 140 Å². The van der Waals surface area contributed by atoms with Gasteiger partial charge in [-0.15, -0.1) is 0 Å². The number of fused-ring (bicyclic) bond motifs is 3. The molecule has 2 nitrogen and oxygen atoms in total. The lowest BCUT2D eigenvalue weighted by Gasteiger charge is -2.47. The molecule has 0 bridgehead atoms. The van der Waals surface area contributed by atoms with Gasteiger partial charge in [-0.2, -0.15) is 0 Å². The van der Waals surface area contributed by atoms with E-state index in [4.69, 9.17) is 4.74 Å². The molecular formula is C21H30O2. The molecule has 126 valence electrons. The smallest absolute Gasteiger partial charge is 0.127 e. The van der Waals surface area contributed by atoms with Crippen LogP contribution in [0.15, 0.2) is 23.8 Å². The number of benzene rings is 1. The number of aromatic hydroxyl groups is 1. The number of aryl methyl sites for hydroxylation is 1. The molecule has 23 heavy (non-hydrogen) atoms. The molecule has 0 unspecified atom stereocenters. The Morgan fingerprint density at radius 1 is 1.26 bits per heavy atom. The zero-order valence-electron chi connectivity index (χ0n) is 15.0. The van der Waals surface area contributed by atoms with Gasteiger partial charge in [-0.1, -0.05) is 31.4 Å². The predicted octanol–water partition coefficient (Wildman–Crippen LogP) is 5.74. The van der Waals surface area contributed by atoms with Crippen molar-refractivity contribution in [1.82, 2.24) is 0 Å². The van der Waals surface area contributed by atoms with Gasteiger partial charge >= 0.3 is 0 Å². The van der Waals surface area contributed by atoms with E-state index in [1.807, 2.05) is 12.1 Å². The van der Waals surface area contributed by atoms with Gasteiger partial charge in [0.25, 0.3) is 0 Å². The number of allylic oxidation sites excluding steroid dienone is 2. The van der Waals surface area contributed by atoms with E-state index in [1.165, 1.54) is 48.8 Å². The fourth-order valence-electron chi connectivity index (χ4n) is 4.40. The quantitative estimate of drug-likeness (QED) is 0.567.